The van der Waals surface area contributed by atoms with Gasteiger partial charge in [0.05, 0.1) is 12.6 Å². The Morgan fingerprint density at radius 3 is 2.29 bits per heavy atom. The lowest BCUT2D eigenvalue weighted by molar-refractivity contribution is -0.116. The summed E-state index contributed by atoms with van der Waals surface area (Å²) in [5, 5.41) is 6.19. The Kier molecular flexibility index (Phi) is 7.82. The second kappa shape index (κ2) is 11.8. The summed E-state index contributed by atoms with van der Waals surface area (Å²) < 4.78 is 5.90. The van der Waals surface area contributed by atoms with Crippen LogP contribution in [-0.4, -0.2) is 25.5 Å². The maximum Gasteiger partial charge on any atom is 0.162 e. The lowest BCUT2D eigenvalue weighted by Crippen LogP contribution is -2.29. The van der Waals surface area contributed by atoms with Gasteiger partial charge in [-0.1, -0.05) is 67.9 Å². The lowest BCUT2D eigenvalue weighted by atomic mass is 9.71. The zero-order chi connectivity index (χ0) is 28.3. The highest BCUT2D eigenvalue weighted by molar-refractivity contribution is 6.13. The van der Waals surface area contributed by atoms with Crippen molar-refractivity contribution in [3.8, 4) is 5.75 Å². The fourth-order valence-electron chi connectivity index (χ4n) is 6.57. The topological polar surface area (TPSA) is 41.6 Å². The molecule has 1 heterocycles. The zero-order valence-corrected chi connectivity index (χ0v) is 24.5. The smallest absolute Gasteiger partial charge is 0.162 e. The number of unbranched alkanes of at least 4 members (excludes halogenated alkanes) is 1. The van der Waals surface area contributed by atoms with E-state index < -0.39 is 0 Å². The molecule has 2 atom stereocenters. The molecular weight excluding hydrogens is 504 g/mol. The Morgan fingerprint density at radius 1 is 0.829 bits per heavy atom. The first-order valence-electron chi connectivity index (χ1n) is 15.2. The molecular formula is C37H40N2O2. The number of anilines is 2. The van der Waals surface area contributed by atoms with Gasteiger partial charge in [-0.15, -0.1) is 0 Å². The van der Waals surface area contributed by atoms with Crippen LogP contribution >= 0.6 is 0 Å². The van der Waals surface area contributed by atoms with E-state index in [-0.39, 0.29) is 17.7 Å². The van der Waals surface area contributed by atoms with Crippen LogP contribution in [0.1, 0.15) is 75.1 Å². The molecule has 41 heavy (non-hydrogen) atoms. The van der Waals surface area contributed by atoms with E-state index in [4.69, 9.17) is 4.74 Å². The molecule has 6 rings (SSSR count). The van der Waals surface area contributed by atoms with E-state index >= 15 is 0 Å². The van der Waals surface area contributed by atoms with Crippen LogP contribution in [-0.2, 0) is 4.79 Å². The summed E-state index contributed by atoms with van der Waals surface area (Å²) in [6, 6.07) is 29.9. The van der Waals surface area contributed by atoms with Gasteiger partial charge in [-0.25, -0.2) is 0 Å². The van der Waals surface area contributed by atoms with E-state index in [1.54, 1.807) is 0 Å². The number of nitrogens with zero attached hydrogens (tertiary/aromatic N) is 1. The van der Waals surface area contributed by atoms with Crippen molar-refractivity contribution in [2.24, 2.45) is 0 Å². The van der Waals surface area contributed by atoms with Gasteiger partial charge in [0.2, 0.25) is 0 Å². The van der Waals surface area contributed by atoms with Crippen molar-refractivity contribution in [3.05, 3.63) is 107 Å². The molecule has 0 fully saturated rings. The van der Waals surface area contributed by atoms with Crippen molar-refractivity contribution in [1.29, 1.82) is 0 Å². The van der Waals surface area contributed by atoms with E-state index in [0.29, 0.717) is 6.42 Å². The van der Waals surface area contributed by atoms with Crippen molar-refractivity contribution in [3.63, 3.8) is 0 Å². The van der Waals surface area contributed by atoms with Crippen molar-refractivity contribution >= 4 is 33.5 Å². The first-order valence-corrected chi connectivity index (χ1v) is 15.2. The molecule has 0 unspecified atom stereocenters. The molecule has 0 amide bonds. The fraction of sp³-hybridized carbons (Fsp3) is 0.324. The van der Waals surface area contributed by atoms with Gasteiger partial charge < -0.3 is 15.0 Å². The third-order valence-corrected chi connectivity index (χ3v) is 8.80. The van der Waals surface area contributed by atoms with Crippen LogP contribution in [0.25, 0.3) is 16.3 Å². The minimum atomic E-state index is -0.160. The van der Waals surface area contributed by atoms with Crippen molar-refractivity contribution in [1.82, 2.24) is 0 Å². The van der Waals surface area contributed by atoms with Gasteiger partial charge in [0.15, 0.2) is 5.78 Å². The van der Waals surface area contributed by atoms with E-state index in [2.05, 4.69) is 116 Å². The number of Topliss-reactive ketones (excluding diaryl/α,β-unsaturated/α-hetero) is 1. The molecule has 4 nitrogen and oxygen atoms in total. The summed E-state index contributed by atoms with van der Waals surface area (Å²) in [4.78, 5) is 16.5. The summed E-state index contributed by atoms with van der Waals surface area (Å²) in [5.74, 6) is 1.28. The fourth-order valence-corrected chi connectivity index (χ4v) is 6.57. The number of benzene rings is 4. The number of carbonyl (C=O) groups is 1. The Hall–Kier alpha value is -4.05. The monoisotopic (exact) mass is 544 g/mol. The number of allylic oxidation sites excluding steroid dienone is 1. The molecule has 4 aromatic rings. The van der Waals surface area contributed by atoms with Gasteiger partial charge >= 0.3 is 0 Å². The normalized spacial score (nSPS) is 18.1. The predicted molar refractivity (Wildman–Crippen MR) is 171 cm³/mol. The summed E-state index contributed by atoms with van der Waals surface area (Å²) in [5.41, 5.74) is 7.96. The molecule has 1 N–H and O–H groups in total. The highest BCUT2D eigenvalue weighted by Gasteiger charge is 2.38. The Labute approximate surface area is 244 Å². The number of hydrogen-bond donors (Lipinski definition) is 1. The van der Waals surface area contributed by atoms with E-state index in [9.17, 15) is 4.79 Å². The lowest BCUT2D eigenvalue weighted by Gasteiger charge is -2.37. The zero-order valence-electron chi connectivity index (χ0n) is 24.5. The molecule has 2 aliphatic rings. The number of ether oxygens (including phenoxy) is 1. The molecule has 4 heteroatoms. The number of ketones is 1. The average molecular weight is 545 g/mol. The third kappa shape index (κ3) is 5.24. The second-order valence-electron chi connectivity index (χ2n) is 11.2. The molecule has 0 bridgehead atoms. The van der Waals surface area contributed by atoms with Crippen LogP contribution in [0.2, 0.25) is 0 Å². The number of nitrogens with one attached hydrogen (secondary N) is 1. The first-order chi connectivity index (χ1) is 20.1. The van der Waals surface area contributed by atoms with Crippen LogP contribution in [0.5, 0.6) is 5.75 Å². The van der Waals surface area contributed by atoms with Crippen molar-refractivity contribution < 1.29 is 9.53 Å². The van der Waals surface area contributed by atoms with E-state index in [1.165, 1.54) is 33.2 Å². The molecule has 0 spiro atoms. The molecule has 210 valence electrons. The number of carbonyl (C=O) groups excluding carboxylic acids is 1. The van der Waals surface area contributed by atoms with Crippen LogP contribution in [0, 0.1) is 0 Å². The van der Waals surface area contributed by atoms with Crippen LogP contribution < -0.4 is 15.0 Å². The van der Waals surface area contributed by atoms with Crippen molar-refractivity contribution in [2.75, 3.05) is 29.9 Å². The predicted octanol–water partition coefficient (Wildman–Crippen LogP) is 8.93. The molecule has 0 saturated heterocycles. The summed E-state index contributed by atoms with van der Waals surface area (Å²) >= 11 is 0. The Morgan fingerprint density at radius 2 is 1.56 bits per heavy atom. The standard InChI is InChI=1S/C37H40N2O2/c1-4-7-22-41-30-19-14-25(15-20-30)28-23-32-35-31-11-9-8-10-26(31)16-21-33(35)38-37(36(32)34(40)24-28)27-12-17-29(18-13-27)39(5-2)6-3/h8-21,28,37-38H,4-7,22-24H2,1-3H3/t28-,37+/m0/s1. The largest absolute Gasteiger partial charge is 0.494 e. The molecule has 1 aliphatic heterocycles. The minimum Gasteiger partial charge on any atom is -0.494 e. The number of fused-ring (bicyclic) bond motifs is 4. The quantitative estimate of drug-likeness (QED) is 0.214. The maximum atomic E-state index is 14.1. The van der Waals surface area contributed by atoms with Gasteiger partial charge in [-0.2, -0.15) is 0 Å². The highest BCUT2D eigenvalue weighted by Crippen LogP contribution is 2.51. The van der Waals surface area contributed by atoms with Gasteiger partial charge in [0.25, 0.3) is 0 Å². The maximum absolute atomic E-state index is 14.1. The van der Waals surface area contributed by atoms with Gasteiger partial charge in [-0.05, 0) is 90.4 Å². The van der Waals surface area contributed by atoms with Crippen LogP contribution in [0.15, 0.2) is 90.5 Å². The van der Waals surface area contributed by atoms with Gasteiger partial charge in [-0.3, -0.25) is 4.79 Å². The van der Waals surface area contributed by atoms with E-state index in [0.717, 1.165) is 61.5 Å². The SMILES string of the molecule is CCCCOc1ccc([C@@H]2CC(=O)C3=C(C2)c2c(ccc4ccccc24)N[C@@H]3c2ccc(N(CC)CC)cc2)cc1. The van der Waals surface area contributed by atoms with Crippen LogP contribution in [0.4, 0.5) is 11.4 Å². The molecule has 0 aromatic heterocycles. The highest BCUT2D eigenvalue weighted by atomic mass is 16.5. The Bertz CT molecular complexity index is 1570. The van der Waals surface area contributed by atoms with Gasteiger partial charge in [0.1, 0.15) is 5.75 Å². The summed E-state index contributed by atoms with van der Waals surface area (Å²) in [7, 11) is 0. The molecule has 1 aliphatic carbocycles. The molecule has 4 aromatic carbocycles. The Balaban J connectivity index is 1.40. The third-order valence-electron chi connectivity index (χ3n) is 8.80. The summed E-state index contributed by atoms with van der Waals surface area (Å²) in [6.45, 7) is 9.22. The average Bonchev–Trinajstić information content (AvgIpc) is 3.01. The molecule has 0 radical (unpaired) electrons. The number of hydrogen-bond acceptors (Lipinski definition) is 4. The minimum absolute atomic E-state index is 0.140. The van der Waals surface area contributed by atoms with Gasteiger partial charge in [0, 0.05) is 42.0 Å². The molecule has 0 saturated carbocycles. The summed E-state index contributed by atoms with van der Waals surface area (Å²) in [6.07, 6.45) is 3.53. The van der Waals surface area contributed by atoms with Crippen LogP contribution in [0.3, 0.4) is 0 Å². The van der Waals surface area contributed by atoms with E-state index in [1.807, 2.05) is 0 Å². The first kappa shape index (κ1) is 27.1. The number of rotatable bonds is 9. The second-order valence-corrected chi connectivity index (χ2v) is 11.2. The van der Waals surface area contributed by atoms with Crippen molar-refractivity contribution in [2.45, 2.75) is 58.4 Å².